The van der Waals surface area contributed by atoms with Crippen LogP contribution in [-0.4, -0.2) is 32.4 Å². The van der Waals surface area contributed by atoms with Crippen molar-refractivity contribution < 1.29 is 22.0 Å². The van der Waals surface area contributed by atoms with Gasteiger partial charge in [0.15, 0.2) is 0 Å². The smallest absolute Gasteiger partial charge is 0.251 e. The number of rotatable bonds is 7. The summed E-state index contributed by atoms with van der Waals surface area (Å²) in [6.07, 6.45) is 1.74. The molecule has 5 rings (SSSR count). The van der Waals surface area contributed by atoms with E-state index in [2.05, 4.69) is 15.6 Å². The van der Waals surface area contributed by atoms with Crippen LogP contribution in [0.5, 0.6) is 0 Å². The molecule has 1 amide bonds. The van der Waals surface area contributed by atoms with Crippen molar-refractivity contribution in [3.05, 3.63) is 106 Å². The molecule has 0 saturated carbocycles. The first kappa shape index (κ1) is 28.5. The Morgan fingerprint density at radius 3 is 2.44 bits per heavy atom. The van der Waals surface area contributed by atoms with Gasteiger partial charge in [0.05, 0.1) is 15.6 Å². The number of carbonyl (C=O) groups excluding carboxylic acids is 1. The van der Waals surface area contributed by atoms with Crippen LogP contribution in [0.25, 0.3) is 11.1 Å². The number of anilines is 2. The summed E-state index contributed by atoms with van der Waals surface area (Å²) in [4.78, 5) is 19.2. The van der Waals surface area contributed by atoms with E-state index in [0.29, 0.717) is 24.5 Å². The molecule has 2 heterocycles. The van der Waals surface area contributed by atoms with E-state index < -0.39 is 21.7 Å². The van der Waals surface area contributed by atoms with Crippen molar-refractivity contribution >= 4 is 39.0 Å². The fourth-order valence-corrected chi connectivity index (χ4v) is 5.49. The molecule has 1 aromatic heterocycles. The topological polar surface area (TPSA) is 117 Å². The predicted octanol–water partition coefficient (Wildman–Crippen LogP) is 5.00. The Bertz CT molecular complexity index is 1730. The summed E-state index contributed by atoms with van der Waals surface area (Å²) in [5.74, 6) is -0.908. The van der Waals surface area contributed by atoms with Crippen LogP contribution in [0, 0.1) is 18.6 Å². The zero-order valence-corrected chi connectivity index (χ0v) is 23.5. The summed E-state index contributed by atoms with van der Waals surface area (Å²) in [6.45, 7) is 3.33. The highest BCUT2D eigenvalue weighted by Crippen LogP contribution is 2.38. The average Bonchev–Trinajstić information content (AvgIpc) is 2.96. The van der Waals surface area contributed by atoms with Crippen molar-refractivity contribution in [2.75, 3.05) is 23.3 Å². The van der Waals surface area contributed by atoms with Crippen LogP contribution in [0.4, 0.5) is 20.3 Å². The Morgan fingerprint density at radius 2 is 1.76 bits per heavy atom. The first-order chi connectivity index (χ1) is 19.5. The van der Waals surface area contributed by atoms with Gasteiger partial charge in [-0.15, -0.1) is 0 Å². The lowest BCUT2D eigenvalue weighted by Crippen LogP contribution is -2.35. The maximum atomic E-state index is 14.6. The lowest BCUT2D eigenvalue weighted by molar-refractivity contribution is 0.0951. The van der Waals surface area contributed by atoms with E-state index in [4.69, 9.17) is 16.7 Å². The minimum Gasteiger partial charge on any atom is -0.367 e. The summed E-state index contributed by atoms with van der Waals surface area (Å²) in [5, 5.41) is 11.0. The standard InChI is InChI=1S/C29H26ClF2N5O3S/c1-17-22(15-35-28-27(17)37(13-12-34-28)16-23-24(31)10-11-25(32)26(23)30)19-4-6-20(7-5-19)29(38)36-14-18-2-8-21(9-3-18)41(33,39)40/h2-11,15H,12-14,16H2,1H3,(H,34,35)(H,36,38)(H2,33,39,40). The number of benzene rings is 3. The van der Waals surface area contributed by atoms with Crippen LogP contribution in [-0.2, 0) is 23.1 Å². The number of hydrogen-bond acceptors (Lipinski definition) is 6. The molecule has 0 saturated heterocycles. The van der Waals surface area contributed by atoms with E-state index in [-0.39, 0.29) is 34.5 Å². The second-order valence-electron chi connectivity index (χ2n) is 9.61. The van der Waals surface area contributed by atoms with Crippen molar-refractivity contribution in [3.63, 3.8) is 0 Å². The summed E-state index contributed by atoms with van der Waals surface area (Å²) in [6, 6.07) is 15.1. The molecule has 0 radical (unpaired) electrons. The molecule has 0 aliphatic carbocycles. The molecule has 0 unspecified atom stereocenters. The van der Waals surface area contributed by atoms with Gasteiger partial charge >= 0.3 is 0 Å². The zero-order chi connectivity index (χ0) is 29.3. The fraction of sp³-hybridized carbons (Fsp3) is 0.172. The van der Waals surface area contributed by atoms with Gasteiger partial charge in [0.1, 0.15) is 17.5 Å². The van der Waals surface area contributed by atoms with E-state index in [1.54, 1.807) is 30.5 Å². The van der Waals surface area contributed by atoms with Crippen LogP contribution < -0.4 is 20.7 Å². The molecule has 3 aromatic carbocycles. The van der Waals surface area contributed by atoms with E-state index in [1.807, 2.05) is 24.0 Å². The number of fused-ring (bicyclic) bond motifs is 1. The molecule has 0 atom stereocenters. The van der Waals surface area contributed by atoms with Crippen LogP contribution in [0.2, 0.25) is 5.02 Å². The molecule has 212 valence electrons. The van der Waals surface area contributed by atoms with Crippen LogP contribution in [0.15, 0.2) is 71.8 Å². The summed E-state index contributed by atoms with van der Waals surface area (Å²) in [7, 11) is -3.78. The number of pyridine rings is 1. The fourth-order valence-electron chi connectivity index (χ4n) is 4.77. The SMILES string of the molecule is Cc1c(-c2ccc(C(=O)NCc3ccc(S(N)(=O)=O)cc3)cc2)cnc2c1N(Cc1c(F)ccc(F)c1Cl)CCN2. The number of nitrogens with two attached hydrogens (primary N) is 1. The second-order valence-corrected chi connectivity index (χ2v) is 11.6. The number of nitrogens with zero attached hydrogens (tertiary/aromatic N) is 2. The number of aromatic nitrogens is 1. The van der Waals surface area contributed by atoms with Crippen LogP contribution >= 0.6 is 11.6 Å². The molecule has 8 nitrogen and oxygen atoms in total. The maximum Gasteiger partial charge on any atom is 0.251 e. The minimum atomic E-state index is -3.78. The minimum absolute atomic E-state index is 0.000969. The van der Waals surface area contributed by atoms with Crippen molar-refractivity contribution in [1.82, 2.24) is 10.3 Å². The second kappa shape index (κ2) is 11.4. The highest BCUT2D eigenvalue weighted by atomic mass is 35.5. The Hall–Kier alpha value is -4.06. The third-order valence-corrected chi connectivity index (χ3v) is 8.29. The van der Waals surface area contributed by atoms with Crippen LogP contribution in [0.3, 0.4) is 0 Å². The molecule has 0 bridgehead atoms. The molecular weight excluding hydrogens is 572 g/mol. The predicted molar refractivity (Wildman–Crippen MR) is 154 cm³/mol. The quantitative estimate of drug-likeness (QED) is 0.258. The van der Waals surface area contributed by atoms with Crippen molar-refractivity contribution in [3.8, 4) is 11.1 Å². The number of hydrogen-bond donors (Lipinski definition) is 3. The normalized spacial score (nSPS) is 13.0. The van der Waals surface area contributed by atoms with Gasteiger partial charge in [0.2, 0.25) is 10.0 Å². The molecule has 0 spiro atoms. The lowest BCUT2D eigenvalue weighted by atomic mass is 9.98. The first-order valence-corrected chi connectivity index (χ1v) is 14.6. The number of carbonyl (C=O) groups is 1. The van der Waals surface area contributed by atoms with Crippen molar-refractivity contribution in [1.29, 1.82) is 0 Å². The number of nitrogens with one attached hydrogen (secondary N) is 2. The van der Waals surface area contributed by atoms with Gasteiger partial charge in [-0.05, 0) is 60.0 Å². The van der Waals surface area contributed by atoms with E-state index >= 15 is 0 Å². The summed E-state index contributed by atoms with van der Waals surface area (Å²) >= 11 is 6.10. The third kappa shape index (κ3) is 6.02. The molecular formula is C29H26ClF2N5O3S. The number of halogens is 3. The average molecular weight is 598 g/mol. The van der Waals surface area contributed by atoms with Crippen molar-refractivity contribution in [2.45, 2.75) is 24.9 Å². The van der Waals surface area contributed by atoms with E-state index in [1.165, 1.54) is 12.1 Å². The van der Waals surface area contributed by atoms with Gasteiger partial charge in [-0.1, -0.05) is 35.9 Å². The van der Waals surface area contributed by atoms with Crippen molar-refractivity contribution in [2.24, 2.45) is 5.14 Å². The third-order valence-electron chi connectivity index (χ3n) is 6.95. The van der Waals surface area contributed by atoms with E-state index in [0.717, 1.165) is 40.1 Å². The van der Waals surface area contributed by atoms with Crippen LogP contribution in [0.1, 0.15) is 27.0 Å². The maximum absolute atomic E-state index is 14.6. The van der Waals surface area contributed by atoms with Gasteiger partial charge in [-0.3, -0.25) is 4.79 Å². The Balaban J connectivity index is 1.33. The molecule has 12 heteroatoms. The Kier molecular flexibility index (Phi) is 7.94. The van der Waals surface area contributed by atoms with Gasteiger partial charge in [-0.25, -0.2) is 27.3 Å². The molecule has 0 fully saturated rings. The molecule has 41 heavy (non-hydrogen) atoms. The first-order valence-electron chi connectivity index (χ1n) is 12.6. The number of amides is 1. The molecule has 4 aromatic rings. The highest BCUT2D eigenvalue weighted by Gasteiger charge is 2.25. The molecule has 4 N–H and O–H groups in total. The summed E-state index contributed by atoms with van der Waals surface area (Å²) < 4.78 is 51.4. The Morgan fingerprint density at radius 1 is 1.07 bits per heavy atom. The number of sulfonamides is 1. The van der Waals surface area contributed by atoms with Gasteiger partial charge in [0, 0.05) is 49.1 Å². The van der Waals surface area contributed by atoms with Gasteiger partial charge in [-0.2, -0.15) is 0 Å². The lowest BCUT2D eigenvalue weighted by Gasteiger charge is -2.34. The molecule has 1 aliphatic heterocycles. The monoisotopic (exact) mass is 597 g/mol. The number of primary sulfonamides is 1. The largest absolute Gasteiger partial charge is 0.367 e. The van der Waals surface area contributed by atoms with E-state index in [9.17, 15) is 22.0 Å². The zero-order valence-electron chi connectivity index (χ0n) is 21.9. The molecule has 1 aliphatic rings. The Labute approximate surface area is 241 Å². The van der Waals surface area contributed by atoms with Gasteiger partial charge in [0.25, 0.3) is 5.91 Å². The summed E-state index contributed by atoms with van der Waals surface area (Å²) in [5.41, 5.74) is 4.55. The highest BCUT2D eigenvalue weighted by molar-refractivity contribution is 7.89. The van der Waals surface area contributed by atoms with Gasteiger partial charge < -0.3 is 15.5 Å².